The lowest BCUT2D eigenvalue weighted by Crippen LogP contribution is -2.44. The van der Waals surface area contributed by atoms with Crippen LogP contribution in [0.1, 0.15) is 11.4 Å². The van der Waals surface area contributed by atoms with Crippen LogP contribution in [0.4, 0.5) is 0 Å². The summed E-state index contributed by atoms with van der Waals surface area (Å²) in [6.07, 6.45) is 3.98. The molecule has 2 aromatic rings. The number of benzene rings is 1. The van der Waals surface area contributed by atoms with Crippen molar-refractivity contribution in [2.75, 3.05) is 33.3 Å². The number of hydrogen-bond acceptors (Lipinski definition) is 5. The summed E-state index contributed by atoms with van der Waals surface area (Å²) in [5.74, 6) is 1.78. The Morgan fingerprint density at radius 1 is 1.29 bits per heavy atom. The van der Waals surface area contributed by atoms with Crippen molar-refractivity contribution in [3.63, 3.8) is 0 Å². The third-order valence-electron chi connectivity index (χ3n) is 4.26. The molecule has 0 aliphatic carbocycles. The average molecular weight is 330 g/mol. The molecule has 1 atom stereocenters. The van der Waals surface area contributed by atoms with Crippen LogP contribution in [-0.4, -0.2) is 53.8 Å². The minimum atomic E-state index is 0.282. The Morgan fingerprint density at radius 3 is 2.83 bits per heavy atom. The van der Waals surface area contributed by atoms with Gasteiger partial charge in [0, 0.05) is 45.6 Å². The molecule has 0 unspecified atom stereocenters. The first-order valence-corrected chi connectivity index (χ1v) is 8.39. The molecule has 0 radical (unpaired) electrons. The van der Waals surface area contributed by atoms with Crippen LogP contribution in [0, 0.1) is 0 Å². The van der Waals surface area contributed by atoms with Gasteiger partial charge in [0.25, 0.3) is 0 Å². The van der Waals surface area contributed by atoms with Gasteiger partial charge in [0.1, 0.15) is 18.2 Å². The summed E-state index contributed by atoms with van der Waals surface area (Å²) in [6.45, 7) is 5.03. The highest BCUT2D eigenvalue weighted by molar-refractivity contribution is 5.27. The summed E-state index contributed by atoms with van der Waals surface area (Å²) in [6, 6.07) is 8.19. The third kappa shape index (κ3) is 4.80. The Labute approximate surface area is 143 Å². The van der Waals surface area contributed by atoms with Gasteiger partial charge in [-0.1, -0.05) is 12.1 Å². The second-order valence-corrected chi connectivity index (χ2v) is 6.27. The second-order valence-electron chi connectivity index (χ2n) is 6.27. The number of aryl methyl sites for hydroxylation is 1. The highest BCUT2D eigenvalue weighted by Gasteiger charge is 2.16. The van der Waals surface area contributed by atoms with Gasteiger partial charge in [-0.2, -0.15) is 0 Å². The van der Waals surface area contributed by atoms with Crippen molar-refractivity contribution in [2.45, 2.75) is 19.3 Å². The molecule has 130 valence electrons. The van der Waals surface area contributed by atoms with Gasteiger partial charge in [0.15, 0.2) is 0 Å². The molecule has 3 rings (SSSR count). The van der Waals surface area contributed by atoms with Gasteiger partial charge < -0.3 is 24.3 Å². The molecule has 1 fully saturated rings. The lowest BCUT2D eigenvalue weighted by molar-refractivity contribution is -0.0182. The fraction of sp³-hybridized carbons (Fsp3) is 0.500. The van der Waals surface area contributed by atoms with Crippen LogP contribution in [0.15, 0.2) is 36.7 Å². The highest BCUT2D eigenvalue weighted by atomic mass is 16.5. The van der Waals surface area contributed by atoms with Crippen molar-refractivity contribution >= 4 is 0 Å². The number of imidazole rings is 1. The highest BCUT2D eigenvalue weighted by Crippen LogP contribution is 2.14. The van der Waals surface area contributed by atoms with Gasteiger partial charge in [0.05, 0.1) is 12.7 Å². The molecule has 0 saturated carbocycles. The number of rotatable bonds is 7. The van der Waals surface area contributed by atoms with Gasteiger partial charge in [-0.05, 0) is 24.7 Å². The van der Waals surface area contributed by atoms with Crippen molar-refractivity contribution < 1.29 is 9.47 Å². The Bertz CT molecular complexity index is 626. The molecule has 1 aromatic carbocycles. The minimum absolute atomic E-state index is 0.282. The van der Waals surface area contributed by atoms with Crippen LogP contribution in [-0.2, 0) is 24.9 Å². The van der Waals surface area contributed by atoms with E-state index in [2.05, 4.69) is 34.4 Å². The standard InChI is InChI=1S/C18H26N4O2/c1-21-9-10-23-17(13-21)12-19-11-15-3-5-16(6-4-15)24-14-18-20-7-8-22(18)2/h3-8,17,19H,9-14H2,1-2H3/t17-/m1/s1. The normalized spacial score (nSPS) is 18.7. The number of nitrogens with one attached hydrogen (secondary N) is 1. The first-order chi connectivity index (χ1) is 11.7. The zero-order valence-corrected chi connectivity index (χ0v) is 14.4. The third-order valence-corrected chi connectivity index (χ3v) is 4.26. The quantitative estimate of drug-likeness (QED) is 0.832. The van der Waals surface area contributed by atoms with Crippen LogP contribution < -0.4 is 10.1 Å². The Morgan fingerprint density at radius 2 is 2.12 bits per heavy atom. The molecular weight excluding hydrogens is 304 g/mol. The van der Waals surface area contributed by atoms with Gasteiger partial charge in [-0.25, -0.2) is 4.98 Å². The topological polar surface area (TPSA) is 51.6 Å². The maximum Gasteiger partial charge on any atom is 0.146 e. The zero-order chi connectivity index (χ0) is 16.8. The maximum atomic E-state index is 5.77. The molecule has 1 saturated heterocycles. The Kier molecular flexibility index (Phi) is 5.85. The molecule has 24 heavy (non-hydrogen) atoms. The van der Waals surface area contributed by atoms with E-state index in [-0.39, 0.29) is 6.10 Å². The number of likely N-dealkylation sites (N-methyl/N-ethyl adjacent to an activating group) is 1. The average Bonchev–Trinajstić information content (AvgIpc) is 2.99. The van der Waals surface area contributed by atoms with Crippen LogP contribution >= 0.6 is 0 Å². The predicted molar refractivity (Wildman–Crippen MR) is 92.9 cm³/mol. The van der Waals surface area contributed by atoms with Gasteiger partial charge in [-0.3, -0.25) is 0 Å². The van der Waals surface area contributed by atoms with Crippen molar-refractivity contribution in [2.24, 2.45) is 7.05 Å². The summed E-state index contributed by atoms with van der Waals surface area (Å²) in [7, 11) is 4.10. The molecule has 1 aromatic heterocycles. The van der Waals surface area contributed by atoms with Crippen LogP contribution in [0.3, 0.4) is 0 Å². The first-order valence-electron chi connectivity index (χ1n) is 8.39. The predicted octanol–water partition coefficient (Wildman–Crippen LogP) is 1.42. The van der Waals surface area contributed by atoms with Crippen molar-refractivity contribution in [1.82, 2.24) is 19.8 Å². The first kappa shape index (κ1) is 17.0. The Hall–Kier alpha value is -1.89. The number of nitrogens with zero attached hydrogens (tertiary/aromatic N) is 3. The lowest BCUT2D eigenvalue weighted by atomic mass is 10.2. The fourth-order valence-electron chi connectivity index (χ4n) is 2.75. The molecule has 0 bridgehead atoms. The van der Waals surface area contributed by atoms with E-state index in [4.69, 9.17) is 9.47 Å². The van der Waals surface area contributed by atoms with E-state index < -0.39 is 0 Å². The maximum absolute atomic E-state index is 5.77. The van der Waals surface area contributed by atoms with E-state index in [1.54, 1.807) is 6.20 Å². The largest absolute Gasteiger partial charge is 0.486 e. The molecule has 6 nitrogen and oxygen atoms in total. The summed E-state index contributed by atoms with van der Waals surface area (Å²) >= 11 is 0. The summed E-state index contributed by atoms with van der Waals surface area (Å²) < 4.78 is 13.5. The van der Waals surface area contributed by atoms with Crippen molar-refractivity contribution in [1.29, 1.82) is 0 Å². The summed E-state index contributed by atoms with van der Waals surface area (Å²) in [4.78, 5) is 6.56. The van der Waals surface area contributed by atoms with Gasteiger partial charge in [-0.15, -0.1) is 0 Å². The molecule has 1 aliphatic rings. The molecular formula is C18H26N4O2. The molecule has 0 amide bonds. The number of aromatic nitrogens is 2. The summed E-state index contributed by atoms with van der Waals surface area (Å²) in [5, 5.41) is 3.47. The molecule has 2 heterocycles. The molecule has 6 heteroatoms. The minimum Gasteiger partial charge on any atom is -0.486 e. The number of ether oxygens (including phenoxy) is 2. The fourth-order valence-corrected chi connectivity index (χ4v) is 2.75. The molecule has 1 aliphatic heterocycles. The van der Waals surface area contributed by atoms with Crippen LogP contribution in [0.25, 0.3) is 0 Å². The smallest absolute Gasteiger partial charge is 0.146 e. The van der Waals surface area contributed by atoms with E-state index in [0.29, 0.717) is 6.61 Å². The van der Waals surface area contributed by atoms with E-state index in [1.807, 2.05) is 29.9 Å². The van der Waals surface area contributed by atoms with Gasteiger partial charge in [0.2, 0.25) is 0 Å². The van der Waals surface area contributed by atoms with Crippen molar-refractivity contribution in [3.05, 3.63) is 48.0 Å². The van der Waals surface area contributed by atoms with Crippen molar-refractivity contribution in [3.8, 4) is 5.75 Å². The zero-order valence-electron chi connectivity index (χ0n) is 14.4. The molecule has 1 N–H and O–H groups in total. The second kappa shape index (κ2) is 8.28. The number of morpholine rings is 1. The van der Waals surface area contributed by atoms with Crippen LogP contribution in [0.5, 0.6) is 5.75 Å². The van der Waals surface area contributed by atoms with E-state index in [1.165, 1.54) is 5.56 Å². The van der Waals surface area contributed by atoms with E-state index >= 15 is 0 Å². The van der Waals surface area contributed by atoms with Crippen LogP contribution in [0.2, 0.25) is 0 Å². The van der Waals surface area contributed by atoms with Gasteiger partial charge >= 0.3 is 0 Å². The lowest BCUT2D eigenvalue weighted by Gasteiger charge is -2.30. The summed E-state index contributed by atoms with van der Waals surface area (Å²) in [5.41, 5.74) is 1.24. The SMILES string of the molecule is CN1CCO[C@H](CNCc2ccc(OCc3nccn3C)cc2)C1. The van der Waals surface area contributed by atoms with E-state index in [0.717, 1.165) is 44.4 Å². The monoisotopic (exact) mass is 330 g/mol. The Balaban J connectivity index is 1.40. The number of hydrogen-bond donors (Lipinski definition) is 1. The molecule has 0 spiro atoms. The van der Waals surface area contributed by atoms with E-state index in [9.17, 15) is 0 Å².